The molecule has 0 aliphatic rings. The molecule has 0 spiro atoms. The van der Waals surface area contributed by atoms with E-state index < -0.39 is 5.97 Å². The highest BCUT2D eigenvalue weighted by Gasteiger charge is 2.15. The van der Waals surface area contributed by atoms with E-state index in [1.165, 1.54) is 0 Å². The molecule has 0 bridgehead atoms. The van der Waals surface area contributed by atoms with E-state index in [1.54, 1.807) is 6.07 Å². The monoisotopic (exact) mass is 339 g/mol. The van der Waals surface area contributed by atoms with Crippen molar-refractivity contribution < 1.29 is 23.8 Å². The number of rotatable bonds is 8. The van der Waals surface area contributed by atoms with Gasteiger partial charge in [0.25, 0.3) is 0 Å². The number of carbonyl (C=O) groups excluding carboxylic acids is 2. The number of furan rings is 1. The molecule has 1 N–H and O–H groups in total. The third-order valence-corrected chi connectivity index (χ3v) is 3.65. The van der Waals surface area contributed by atoms with Crippen molar-refractivity contribution in [3.05, 3.63) is 65.9 Å². The molecule has 0 aliphatic carbocycles. The van der Waals surface area contributed by atoms with E-state index in [4.69, 9.17) is 14.2 Å². The van der Waals surface area contributed by atoms with E-state index in [-0.39, 0.29) is 13.0 Å². The summed E-state index contributed by atoms with van der Waals surface area (Å²) < 4.78 is 5.71. The van der Waals surface area contributed by atoms with Crippen LogP contribution in [0.5, 0.6) is 0 Å². The van der Waals surface area contributed by atoms with Gasteiger partial charge in [0.2, 0.25) is 6.41 Å². The quantitative estimate of drug-likeness (QED) is 0.385. The van der Waals surface area contributed by atoms with Crippen LogP contribution in [0.1, 0.15) is 17.7 Å². The molecule has 1 aromatic heterocycles. The third kappa shape index (κ3) is 4.24. The van der Waals surface area contributed by atoms with Gasteiger partial charge in [0.15, 0.2) is 0 Å². The van der Waals surface area contributed by atoms with Crippen molar-refractivity contribution in [2.75, 3.05) is 5.32 Å². The standard InChI is InChI=1S/C19H17NO5/c21-13-20-19-15-8-4-5-9-16(15)24-17(19)10-11-18(22)25-23-12-14-6-2-1-3-7-14/h1-9,13H,10-12H2,(H,20,21). The third-order valence-electron chi connectivity index (χ3n) is 3.65. The predicted molar refractivity (Wildman–Crippen MR) is 91.5 cm³/mol. The van der Waals surface area contributed by atoms with Crippen LogP contribution in [0.2, 0.25) is 0 Å². The fourth-order valence-electron chi connectivity index (χ4n) is 2.48. The molecular weight excluding hydrogens is 322 g/mol. The molecule has 6 heteroatoms. The van der Waals surface area contributed by atoms with Gasteiger partial charge in [-0.2, -0.15) is 4.89 Å². The number of benzene rings is 2. The van der Waals surface area contributed by atoms with Crippen molar-refractivity contribution in [3.8, 4) is 0 Å². The summed E-state index contributed by atoms with van der Waals surface area (Å²) in [6.07, 6.45) is 0.947. The lowest BCUT2D eigenvalue weighted by Gasteiger charge is -2.04. The molecule has 128 valence electrons. The van der Waals surface area contributed by atoms with Gasteiger partial charge >= 0.3 is 5.97 Å². The van der Waals surface area contributed by atoms with Gasteiger partial charge in [-0.15, -0.1) is 0 Å². The van der Waals surface area contributed by atoms with Crippen LogP contribution in [0.4, 0.5) is 5.69 Å². The summed E-state index contributed by atoms with van der Waals surface area (Å²) in [6, 6.07) is 16.7. The molecule has 25 heavy (non-hydrogen) atoms. The molecule has 0 atom stereocenters. The Morgan fingerprint density at radius 1 is 1.08 bits per heavy atom. The molecule has 1 amide bonds. The Bertz CT molecular complexity index is 857. The lowest BCUT2D eigenvalue weighted by atomic mass is 10.2. The number of amides is 1. The molecule has 0 fully saturated rings. The molecule has 1 heterocycles. The maximum absolute atomic E-state index is 11.8. The van der Waals surface area contributed by atoms with E-state index in [0.717, 1.165) is 10.9 Å². The molecule has 3 rings (SSSR count). The largest absolute Gasteiger partial charge is 0.459 e. The average molecular weight is 339 g/mol. The summed E-state index contributed by atoms with van der Waals surface area (Å²) in [6.45, 7) is 0.190. The van der Waals surface area contributed by atoms with Crippen LogP contribution in [-0.4, -0.2) is 12.4 Å². The lowest BCUT2D eigenvalue weighted by molar-refractivity contribution is -0.279. The Balaban J connectivity index is 1.55. The van der Waals surface area contributed by atoms with Crippen LogP contribution in [0.15, 0.2) is 59.0 Å². The van der Waals surface area contributed by atoms with E-state index in [2.05, 4.69) is 5.32 Å². The van der Waals surface area contributed by atoms with E-state index in [1.807, 2.05) is 48.5 Å². The van der Waals surface area contributed by atoms with Crippen LogP contribution in [0, 0.1) is 0 Å². The normalized spacial score (nSPS) is 10.6. The number of nitrogens with one attached hydrogen (secondary N) is 1. The number of para-hydroxylation sites is 1. The lowest BCUT2D eigenvalue weighted by Crippen LogP contribution is -2.07. The number of anilines is 1. The van der Waals surface area contributed by atoms with Crippen molar-refractivity contribution >= 4 is 29.0 Å². The Labute approximate surface area is 144 Å². The summed E-state index contributed by atoms with van der Waals surface area (Å²) >= 11 is 0. The van der Waals surface area contributed by atoms with Crippen molar-refractivity contribution in [3.63, 3.8) is 0 Å². The zero-order chi connectivity index (χ0) is 17.5. The second kappa shape index (κ2) is 8.12. The Hall–Kier alpha value is -3.12. The van der Waals surface area contributed by atoms with Crippen molar-refractivity contribution in [2.24, 2.45) is 0 Å². The topological polar surface area (TPSA) is 77.8 Å². The molecule has 0 radical (unpaired) electrons. The summed E-state index contributed by atoms with van der Waals surface area (Å²) in [5, 5.41) is 3.42. The van der Waals surface area contributed by atoms with Crippen LogP contribution >= 0.6 is 0 Å². The minimum atomic E-state index is -0.506. The number of carbonyl (C=O) groups is 2. The van der Waals surface area contributed by atoms with Crippen LogP contribution in [-0.2, 0) is 32.4 Å². The summed E-state index contributed by atoms with van der Waals surface area (Å²) in [5.74, 6) is 0.0155. The molecule has 3 aromatic rings. The minimum absolute atomic E-state index is 0.0716. The van der Waals surface area contributed by atoms with Crippen LogP contribution < -0.4 is 5.32 Å². The van der Waals surface area contributed by atoms with Gasteiger partial charge in [-0.25, -0.2) is 4.79 Å². The molecular formula is C19H17NO5. The van der Waals surface area contributed by atoms with Crippen molar-refractivity contribution in [2.45, 2.75) is 19.4 Å². The Morgan fingerprint density at radius 2 is 1.84 bits per heavy atom. The zero-order valence-corrected chi connectivity index (χ0v) is 13.4. The second-order valence-corrected chi connectivity index (χ2v) is 5.36. The fourth-order valence-corrected chi connectivity index (χ4v) is 2.48. The van der Waals surface area contributed by atoms with Gasteiger partial charge in [0.05, 0.1) is 12.1 Å². The summed E-state index contributed by atoms with van der Waals surface area (Å²) in [7, 11) is 0. The molecule has 0 saturated heterocycles. The first kappa shape index (κ1) is 16.7. The van der Waals surface area contributed by atoms with Gasteiger partial charge in [-0.3, -0.25) is 9.68 Å². The van der Waals surface area contributed by atoms with Gasteiger partial charge in [0.1, 0.15) is 18.0 Å². The van der Waals surface area contributed by atoms with Crippen LogP contribution in [0.25, 0.3) is 11.0 Å². The number of hydrogen-bond donors (Lipinski definition) is 1. The molecule has 0 unspecified atom stereocenters. The number of fused-ring (bicyclic) bond motifs is 1. The zero-order valence-electron chi connectivity index (χ0n) is 13.4. The maximum atomic E-state index is 11.8. The van der Waals surface area contributed by atoms with E-state index in [0.29, 0.717) is 29.9 Å². The highest BCUT2D eigenvalue weighted by atomic mass is 17.2. The molecule has 6 nitrogen and oxygen atoms in total. The maximum Gasteiger partial charge on any atom is 0.342 e. The molecule has 2 aromatic carbocycles. The van der Waals surface area contributed by atoms with Crippen molar-refractivity contribution in [1.82, 2.24) is 0 Å². The van der Waals surface area contributed by atoms with Gasteiger partial charge in [-0.05, 0) is 17.7 Å². The minimum Gasteiger partial charge on any atom is -0.459 e. The highest BCUT2D eigenvalue weighted by molar-refractivity contribution is 5.96. The van der Waals surface area contributed by atoms with E-state index in [9.17, 15) is 9.59 Å². The second-order valence-electron chi connectivity index (χ2n) is 5.36. The van der Waals surface area contributed by atoms with Gasteiger partial charge < -0.3 is 9.73 Å². The first-order chi connectivity index (χ1) is 12.3. The van der Waals surface area contributed by atoms with Crippen molar-refractivity contribution in [1.29, 1.82) is 0 Å². The van der Waals surface area contributed by atoms with E-state index >= 15 is 0 Å². The van der Waals surface area contributed by atoms with Crippen LogP contribution in [0.3, 0.4) is 0 Å². The number of hydrogen-bond acceptors (Lipinski definition) is 5. The molecule has 0 saturated carbocycles. The highest BCUT2D eigenvalue weighted by Crippen LogP contribution is 2.31. The first-order valence-electron chi connectivity index (χ1n) is 7.84. The number of aryl methyl sites for hydroxylation is 1. The molecule has 0 aliphatic heterocycles. The summed E-state index contributed by atoms with van der Waals surface area (Å²) in [5.41, 5.74) is 2.13. The first-order valence-corrected chi connectivity index (χ1v) is 7.84. The smallest absolute Gasteiger partial charge is 0.342 e. The Kier molecular flexibility index (Phi) is 5.43. The predicted octanol–water partition coefficient (Wildman–Crippen LogP) is 3.61. The fraction of sp³-hybridized carbons (Fsp3) is 0.158. The average Bonchev–Trinajstić information content (AvgIpc) is 2.99. The SMILES string of the molecule is O=CNc1c(CCC(=O)OOCc2ccccc2)oc2ccccc12. The van der Waals surface area contributed by atoms with Gasteiger partial charge in [0, 0.05) is 11.8 Å². The summed E-state index contributed by atoms with van der Waals surface area (Å²) in [4.78, 5) is 32.4. The van der Waals surface area contributed by atoms with Gasteiger partial charge in [-0.1, -0.05) is 42.5 Å². The Morgan fingerprint density at radius 3 is 2.64 bits per heavy atom.